The van der Waals surface area contributed by atoms with Crippen molar-refractivity contribution < 1.29 is 9.53 Å². The van der Waals surface area contributed by atoms with Crippen LogP contribution in [0.2, 0.25) is 0 Å². The van der Waals surface area contributed by atoms with Crippen LogP contribution >= 0.6 is 0 Å². The molecule has 2 N–H and O–H groups in total. The van der Waals surface area contributed by atoms with Gasteiger partial charge in [-0.25, -0.2) is 0 Å². The second-order valence-corrected chi connectivity index (χ2v) is 4.52. The van der Waals surface area contributed by atoms with Gasteiger partial charge in [-0.15, -0.1) is 0 Å². The first-order valence-electron chi connectivity index (χ1n) is 6.39. The Bertz CT molecular complexity index is 508. The number of carbonyl (C=O) groups excluding carboxylic acids is 1. The Hall–Kier alpha value is -2.06. The number of amides is 1. The van der Waals surface area contributed by atoms with Gasteiger partial charge in [-0.2, -0.15) is 5.26 Å². The summed E-state index contributed by atoms with van der Waals surface area (Å²) in [5.74, 6) is 0.570. The molecule has 0 fully saturated rings. The molecule has 1 unspecified atom stereocenters. The molecule has 1 amide bonds. The number of nitrogens with one attached hydrogen (secondary N) is 2. The van der Waals surface area contributed by atoms with Crippen molar-refractivity contribution in [1.82, 2.24) is 5.32 Å². The van der Waals surface area contributed by atoms with Gasteiger partial charge in [0.2, 0.25) is 0 Å². The molecule has 19 heavy (non-hydrogen) atoms. The summed E-state index contributed by atoms with van der Waals surface area (Å²) < 4.78 is 5.30. The molecule has 1 aromatic rings. The molecule has 0 aliphatic carbocycles. The Balaban J connectivity index is 2.00. The molecule has 0 aromatic heterocycles. The van der Waals surface area contributed by atoms with Crippen LogP contribution in [-0.2, 0) is 11.3 Å². The van der Waals surface area contributed by atoms with Crippen LogP contribution in [-0.4, -0.2) is 18.6 Å². The fourth-order valence-electron chi connectivity index (χ4n) is 1.97. The maximum absolute atomic E-state index is 11.2. The highest BCUT2D eigenvalue weighted by atomic mass is 16.5. The van der Waals surface area contributed by atoms with Gasteiger partial charge in [-0.1, -0.05) is 13.0 Å². The minimum absolute atomic E-state index is 0.0741. The minimum Gasteiger partial charge on any atom is -0.482 e. The van der Waals surface area contributed by atoms with Crippen molar-refractivity contribution in [1.29, 1.82) is 5.26 Å². The quantitative estimate of drug-likeness (QED) is 0.845. The van der Waals surface area contributed by atoms with Crippen LogP contribution in [0.25, 0.3) is 0 Å². The number of benzene rings is 1. The van der Waals surface area contributed by atoms with E-state index in [0.717, 1.165) is 12.0 Å². The van der Waals surface area contributed by atoms with Crippen LogP contribution in [0.15, 0.2) is 18.2 Å². The van der Waals surface area contributed by atoms with E-state index < -0.39 is 0 Å². The van der Waals surface area contributed by atoms with Crippen molar-refractivity contribution in [2.24, 2.45) is 0 Å². The topological polar surface area (TPSA) is 74.2 Å². The molecule has 2 rings (SSSR count). The van der Waals surface area contributed by atoms with Gasteiger partial charge in [0.1, 0.15) is 5.75 Å². The maximum atomic E-state index is 11.2. The van der Waals surface area contributed by atoms with Gasteiger partial charge in [0.15, 0.2) is 6.61 Å². The molecule has 1 aliphatic rings. The third kappa shape index (κ3) is 3.46. The lowest BCUT2D eigenvalue weighted by molar-refractivity contribution is -0.118. The van der Waals surface area contributed by atoms with E-state index in [9.17, 15) is 4.79 Å². The fourth-order valence-corrected chi connectivity index (χ4v) is 1.97. The third-order valence-electron chi connectivity index (χ3n) is 3.10. The summed E-state index contributed by atoms with van der Waals surface area (Å²) in [6.07, 6.45) is 1.42. The van der Waals surface area contributed by atoms with Gasteiger partial charge >= 0.3 is 0 Å². The lowest BCUT2D eigenvalue weighted by atomic mass is 10.1. The number of anilines is 1. The number of hydrogen-bond acceptors (Lipinski definition) is 4. The normalized spacial score (nSPS) is 14.8. The zero-order valence-electron chi connectivity index (χ0n) is 10.9. The number of hydrogen-bond donors (Lipinski definition) is 2. The van der Waals surface area contributed by atoms with Crippen LogP contribution < -0.4 is 15.4 Å². The predicted octanol–water partition coefficient (Wildman–Crippen LogP) is 1.80. The molecule has 0 radical (unpaired) electrons. The van der Waals surface area contributed by atoms with E-state index in [2.05, 4.69) is 23.6 Å². The summed E-state index contributed by atoms with van der Waals surface area (Å²) in [5, 5.41) is 14.8. The van der Waals surface area contributed by atoms with Crippen molar-refractivity contribution in [2.75, 3.05) is 11.9 Å². The highest BCUT2D eigenvalue weighted by Crippen LogP contribution is 2.28. The predicted molar refractivity (Wildman–Crippen MR) is 71.7 cm³/mol. The second kappa shape index (κ2) is 6.21. The highest BCUT2D eigenvalue weighted by Gasteiger charge is 2.16. The van der Waals surface area contributed by atoms with E-state index in [1.54, 1.807) is 0 Å². The van der Waals surface area contributed by atoms with E-state index in [-0.39, 0.29) is 18.6 Å². The Morgan fingerprint density at radius 1 is 1.58 bits per heavy atom. The first kappa shape index (κ1) is 13.4. The van der Waals surface area contributed by atoms with Crippen LogP contribution in [0, 0.1) is 11.3 Å². The number of rotatable bonds is 5. The van der Waals surface area contributed by atoms with Gasteiger partial charge in [0, 0.05) is 12.6 Å². The molecule has 0 spiro atoms. The average molecular weight is 259 g/mol. The number of ether oxygens (including phenoxy) is 1. The summed E-state index contributed by atoms with van der Waals surface area (Å²) in [6.45, 7) is 2.80. The van der Waals surface area contributed by atoms with Crippen molar-refractivity contribution in [2.45, 2.75) is 32.4 Å². The fraction of sp³-hybridized carbons (Fsp3) is 0.429. The van der Waals surface area contributed by atoms with Crippen molar-refractivity contribution in [3.63, 3.8) is 0 Å². The summed E-state index contributed by atoms with van der Waals surface area (Å²) in [7, 11) is 0. The molecule has 5 heteroatoms. The number of nitriles is 1. The average Bonchev–Trinajstić information content (AvgIpc) is 2.43. The lowest BCUT2D eigenvalue weighted by Crippen LogP contribution is -2.28. The standard InChI is InChI=1S/C14H17N3O2/c1-2-11(5-6-15)16-8-10-3-4-13-12(7-10)17-14(18)9-19-13/h3-4,7,11,16H,2,5,8-9H2,1H3,(H,17,18). The Morgan fingerprint density at radius 2 is 2.42 bits per heavy atom. The summed E-state index contributed by atoms with van der Waals surface area (Å²) in [6, 6.07) is 8.09. The third-order valence-corrected chi connectivity index (χ3v) is 3.10. The minimum atomic E-state index is -0.131. The second-order valence-electron chi connectivity index (χ2n) is 4.52. The Morgan fingerprint density at radius 3 is 3.16 bits per heavy atom. The molecule has 1 aromatic carbocycles. The van der Waals surface area contributed by atoms with E-state index in [4.69, 9.17) is 10.00 Å². The smallest absolute Gasteiger partial charge is 0.262 e. The van der Waals surface area contributed by atoms with E-state index in [0.29, 0.717) is 24.4 Å². The van der Waals surface area contributed by atoms with Gasteiger partial charge in [-0.05, 0) is 24.1 Å². The van der Waals surface area contributed by atoms with E-state index >= 15 is 0 Å². The number of fused-ring (bicyclic) bond motifs is 1. The van der Waals surface area contributed by atoms with Crippen LogP contribution in [0.1, 0.15) is 25.3 Å². The van der Waals surface area contributed by atoms with Crippen LogP contribution in [0.4, 0.5) is 5.69 Å². The van der Waals surface area contributed by atoms with Crippen LogP contribution in [0.3, 0.4) is 0 Å². The molecule has 1 atom stereocenters. The van der Waals surface area contributed by atoms with Crippen molar-refractivity contribution in [3.8, 4) is 11.8 Å². The zero-order chi connectivity index (χ0) is 13.7. The Kier molecular flexibility index (Phi) is 4.37. The number of nitrogens with zero attached hydrogens (tertiary/aromatic N) is 1. The lowest BCUT2D eigenvalue weighted by Gasteiger charge is -2.19. The monoisotopic (exact) mass is 259 g/mol. The van der Waals surface area contributed by atoms with Crippen molar-refractivity contribution in [3.05, 3.63) is 23.8 Å². The summed E-state index contributed by atoms with van der Waals surface area (Å²) in [5.41, 5.74) is 1.77. The first-order chi connectivity index (χ1) is 9.22. The highest BCUT2D eigenvalue weighted by molar-refractivity contribution is 5.95. The van der Waals surface area contributed by atoms with Gasteiger partial charge in [0.05, 0.1) is 18.2 Å². The molecule has 1 aliphatic heterocycles. The Labute approximate surface area is 112 Å². The molecule has 100 valence electrons. The SMILES string of the molecule is CCC(CC#N)NCc1ccc2c(c1)NC(=O)CO2. The molecule has 0 saturated carbocycles. The summed E-state index contributed by atoms with van der Waals surface area (Å²) in [4.78, 5) is 11.2. The van der Waals surface area contributed by atoms with Gasteiger partial charge in [-0.3, -0.25) is 4.79 Å². The molecule has 0 bridgehead atoms. The molecule has 5 nitrogen and oxygen atoms in total. The maximum Gasteiger partial charge on any atom is 0.262 e. The molecular formula is C14H17N3O2. The first-order valence-corrected chi connectivity index (χ1v) is 6.39. The van der Waals surface area contributed by atoms with Crippen molar-refractivity contribution >= 4 is 11.6 Å². The van der Waals surface area contributed by atoms with Gasteiger partial charge < -0.3 is 15.4 Å². The van der Waals surface area contributed by atoms with E-state index in [1.165, 1.54) is 0 Å². The number of carbonyl (C=O) groups is 1. The van der Waals surface area contributed by atoms with Crippen LogP contribution in [0.5, 0.6) is 5.75 Å². The molecule has 0 saturated heterocycles. The largest absolute Gasteiger partial charge is 0.482 e. The molecular weight excluding hydrogens is 242 g/mol. The van der Waals surface area contributed by atoms with Gasteiger partial charge in [0.25, 0.3) is 5.91 Å². The molecule has 1 heterocycles. The summed E-state index contributed by atoms with van der Waals surface area (Å²) >= 11 is 0. The zero-order valence-corrected chi connectivity index (χ0v) is 10.9. The van der Waals surface area contributed by atoms with E-state index in [1.807, 2.05) is 18.2 Å².